The van der Waals surface area contributed by atoms with Crippen LogP contribution in [-0.2, 0) is 18.4 Å². The molecule has 0 spiro atoms. The fraction of sp³-hybridized carbons (Fsp3) is 0.167. The first-order chi connectivity index (χ1) is 12.4. The Kier molecular flexibility index (Phi) is 4.57. The van der Waals surface area contributed by atoms with Crippen LogP contribution in [0.2, 0.25) is 0 Å². The minimum atomic E-state index is -0.625. The van der Waals surface area contributed by atoms with Gasteiger partial charge in [-0.2, -0.15) is 0 Å². The lowest BCUT2D eigenvalue weighted by Gasteiger charge is -2.07. The van der Waals surface area contributed by atoms with Crippen molar-refractivity contribution in [3.63, 3.8) is 0 Å². The summed E-state index contributed by atoms with van der Waals surface area (Å²) in [6, 6.07) is 11.1. The van der Waals surface area contributed by atoms with Gasteiger partial charge in [0.15, 0.2) is 0 Å². The monoisotopic (exact) mass is 356 g/mol. The molecular formula is C18H17FN4O3. The summed E-state index contributed by atoms with van der Waals surface area (Å²) >= 11 is 0. The van der Waals surface area contributed by atoms with Crippen LogP contribution in [0.25, 0.3) is 5.69 Å². The second-order valence-corrected chi connectivity index (χ2v) is 5.80. The molecule has 2 heterocycles. The number of para-hydroxylation sites is 1. The standard InChI is InChI=1S/C18H17FN4O3/c1-12-17(18(26)23(21(12)2)14-6-4-3-5-7-14)20-15(24)11-22-10-13(19)8-9-16(22)25/h3-10H,11H2,1-2H3,(H,20,24). The van der Waals surface area contributed by atoms with Crippen molar-refractivity contribution in [3.05, 3.63) is 80.9 Å². The first-order valence-corrected chi connectivity index (χ1v) is 7.88. The summed E-state index contributed by atoms with van der Waals surface area (Å²) in [5.74, 6) is -1.22. The highest BCUT2D eigenvalue weighted by Gasteiger charge is 2.18. The topological polar surface area (TPSA) is 78.0 Å². The number of aromatic nitrogens is 3. The molecule has 1 amide bonds. The highest BCUT2D eigenvalue weighted by Crippen LogP contribution is 2.13. The van der Waals surface area contributed by atoms with Crippen LogP contribution in [0.15, 0.2) is 58.3 Å². The van der Waals surface area contributed by atoms with Gasteiger partial charge in [-0.1, -0.05) is 18.2 Å². The van der Waals surface area contributed by atoms with Crippen LogP contribution in [0.5, 0.6) is 0 Å². The fourth-order valence-electron chi connectivity index (χ4n) is 2.67. The predicted octanol–water partition coefficient (Wildman–Crippen LogP) is 1.42. The molecule has 0 bridgehead atoms. The van der Waals surface area contributed by atoms with Crippen LogP contribution < -0.4 is 16.4 Å². The highest BCUT2D eigenvalue weighted by atomic mass is 19.1. The number of nitrogens with one attached hydrogen (secondary N) is 1. The normalized spacial score (nSPS) is 10.7. The molecule has 0 atom stereocenters. The largest absolute Gasteiger partial charge is 0.318 e. The Morgan fingerprint density at radius 1 is 1.12 bits per heavy atom. The molecule has 3 rings (SSSR count). The Hall–Kier alpha value is -3.42. The van der Waals surface area contributed by atoms with E-state index in [9.17, 15) is 18.8 Å². The zero-order valence-corrected chi connectivity index (χ0v) is 14.3. The van der Waals surface area contributed by atoms with E-state index >= 15 is 0 Å². The minimum absolute atomic E-state index is 0.116. The molecule has 7 nitrogen and oxygen atoms in total. The van der Waals surface area contributed by atoms with Crippen molar-refractivity contribution in [1.82, 2.24) is 13.9 Å². The fourth-order valence-corrected chi connectivity index (χ4v) is 2.67. The van der Waals surface area contributed by atoms with Crippen molar-refractivity contribution in [3.8, 4) is 5.69 Å². The highest BCUT2D eigenvalue weighted by molar-refractivity contribution is 5.91. The number of nitrogens with zero attached hydrogens (tertiary/aromatic N) is 3. The number of hydrogen-bond donors (Lipinski definition) is 1. The summed E-state index contributed by atoms with van der Waals surface area (Å²) in [5, 5.41) is 2.53. The lowest BCUT2D eigenvalue weighted by Crippen LogP contribution is -2.29. The van der Waals surface area contributed by atoms with E-state index in [4.69, 9.17) is 0 Å². The van der Waals surface area contributed by atoms with Crippen LogP contribution in [0, 0.1) is 12.7 Å². The molecular weight excluding hydrogens is 339 g/mol. The van der Waals surface area contributed by atoms with E-state index in [1.54, 1.807) is 42.9 Å². The summed E-state index contributed by atoms with van der Waals surface area (Å²) in [6.07, 6.45) is 0.946. The molecule has 0 fully saturated rings. The number of pyridine rings is 1. The van der Waals surface area contributed by atoms with Gasteiger partial charge in [0.2, 0.25) is 5.91 Å². The van der Waals surface area contributed by atoms with Gasteiger partial charge in [0.1, 0.15) is 18.0 Å². The van der Waals surface area contributed by atoms with Crippen molar-refractivity contribution in [2.75, 3.05) is 5.32 Å². The summed E-state index contributed by atoms with van der Waals surface area (Å²) in [7, 11) is 1.70. The van der Waals surface area contributed by atoms with E-state index in [0.29, 0.717) is 11.4 Å². The number of benzene rings is 1. The maximum Gasteiger partial charge on any atom is 0.295 e. The van der Waals surface area contributed by atoms with Crippen molar-refractivity contribution >= 4 is 11.6 Å². The predicted molar refractivity (Wildman–Crippen MR) is 95.0 cm³/mol. The quantitative estimate of drug-likeness (QED) is 0.768. The second kappa shape index (κ2) is 6.83. The molecule has 0 unspecified atom stereocenters. The van der Waals surface area contributed by atoms with Crippen molar-refractivity contribution in [2.24, 2.45) is 7.05 Å². The third-order valence-electron chi connectivity index (χ3n) is 4.08. The van der Waals surface area contributed by atoms with Gasteiger partial charge in [0.25, 0.3) is 11.1 Å². The van der Waals surface area contributed by atoms with E-state index in [-0.39, 0.29) is 5.69 Å². The van der Waals surface area contributed by atoms with E-state index in [1.165, 1.54) is 4.68 Å². The number of carbonyl (C=O) groups excluding carboxylic acids is 1. The van der Waals surface area contributed by atoms with Crippen LogP contribution in [-0.4, -0.2) is 19.8 Å². The first kappa shape index (κ1) is 17.4. The average molecular weight is 356 g/mol. The van der Waals surface area contributed by atoms with Gasteiger partial charge in [-0.25, -0.2) is 9.07 Å². The van der Waals surface area contributed by atoms with Crippen molar-refractivity contribution in [2.45, 2.75) is 13.5 Å². The lowest BCUT2D eigenvalue weighted by molar-refractivity contribution is -0.116. The van der Waals surface area contributed by atoms with Gasteiger partial charge in [0, 0.05) is 19.3 Å². The van der Waals surface area contributed by atoms with Gasteiger partial charge in [0.05, 0.1) is 11.4 Å². The molecule has 0 saturated carbocycles. The lowest BCUT2D eigenvalue weighted by atomic mass is 10.3. The molecule has 1 aromatic carbocycles. The number of rotatable bonds is 4. The van der Waals surface area contributed by atoms with Crippen molar-refractivity contribution < 1.29 is 9.18 Å². The molecule has 26 heavy (non-hydrogen) atoms. The van der Waals surface area contributed by atoms with E-state index in [2.05, 4.69) is 5.32 Å². The molecule has 0 radical (unpaired) electrons. The number of amides is 1. The van der Waals surface area contributed by atoms with Gasteiger partial charge in [-0.3, -0.25) is 19.1 Å². The SMILES string of the molecule is Cc1c(NC(=O)Cn2cc(F)ccc2=O)c(=O)n(-c2ccccc2)n1C. The minimum Gasteiger partial charge on any atom is -0.318 e. The van der Waals surface area contributed by atoms with E-state index in [0.717, 1.165) is 22.9 Å². The molecule has 0 aliphatic rings. The van der Waals surface area contributed by atoms with Crippen LogP contribution in [0.1, 0.15) is 5.69 Å². The van der Waals surface area contributed by atoms with Crippen LogP contribution in [0.3, 0.4) is 0 Å². The van der Waals surface area contributed by atoms with Crippen LogP contribution in [0.4, 0.5) is 10.1 Å². The Morgan fingerprint density at radius 2 is 1.81 bits per heavy atom. The Labute approximate surface area is 147 Å². The summed E-state index contributed by atoms with van der Waals surface area (Å²) in [6.45, 7) is 1.31. The second-order valence-electron chi connectivity index (χ2n) is 5.80. The smallest absolute Gasteiger partial charge is 0.295 e. The Bertz CT molecular complexity index is 1080. The number of hydrogen-bond acceptors (Lipinski definition) is 3. The van der Waals surface area contributed by atoms with Gasteiger partial charge < -0.3 is 9.88 Å². The van der Waals surface area contributed by atoms with Crippen LogP contribution >= 0.6 is 0 Å². The summed E-state index contributed by atoms with van der Waals surface area (Å²) in [4.78, 5) is 36.7. The van der Waals surface area contributed by atoms with Gasteiger partial charge in [-0.05, 0) is 25.1 Å². The molecule has 1 N–H and O–H groups in total. The van der Waals surface area contributed by atoms with E-state index < -0.39 is 29.4 Å². The van der Waals surface area contributed by atoms with Gasteiger partial charge >= 0.3 is 0 Å². The summed E-state index contributed by atoms with van der Waals surface area (Å²) < 4.78 is 17.2. The third kappa shape index (κ3) is 3.21. The maximum absolute atomic E-state index is 13.2. The first-order valence-electron chi connectivity index (χ1n) is 7.88. The van der Waals surface area contributed by atoms with E-state index in [1.807, 2.05) is 6.07 Å². The molecule has 2 aromatic heterocycles. The number of halogens is 1. The molecule has 3 aromatic rings. The zero-order valence-electron chi connectivity index (χ0n) is 14.3. The zero-order chi connectivity index (χ0) is 18.8. The average Bonchev–Trinajstić information content (AvgIpc) is 2.82. The molecule has 0 aliphatic carbocycles. The Balaban J connectivity index is 1.91. The third-order valence-corrected chi connectivity index (χ3v) is 4.08. The maximum atomic E-state index is 13.2. The molecule has 8 heteroatoms. The van der Waals surface area contributed by atoms with Crippen molar-refractivity contribution in [1.29, 1.82) is 0 Å². The number of carbonyl (C=O) groups is 1. The molecule has 0 saturated heterocycles. The summed E-state index contributed by atoms with van der Waals surface area (Å²) in [5.41, 5.74) is 0.429. The molecule has 134 valence electrons. The number of anilines is 1. The molecule has 0 aliphatic heterocycles. The Morgan fingerprint density at radius 3 is 2.50 bits per heavy atom. The van der Waals surface area contributed by atoms with Gasteiger partial charge in [-0.15, -0.1) is 0 Å².